The molecule has 0 bridgehead atoms. The van der Waals surface area contributed by atoms with E-state index >= 15 is 0 Å². The molecule has 140 valence electrons. The van der Waals surface area contributed by atoms with E-state index < -0.39 is 10.1 Å². The number of rotatable bonds is 5. The van der Waals surface area contributed by atoms with Crippen LogP contribution in [-0.4, -0.2) is 31.0 Å². The van der Waals surface area contributed by atoms with Crippen molar-refractivity contribution >= 4 is 39.2 Å². The van der Waals surface area contributed by atoms with E-state index in [1.807, 2.05) is 6.92 Å². The van der Waals surface area contributed by atoms with E-state index in [-0.39, 0.29) is 21.8 Å². The van der Waals surface area contributed by atoms with Crippen molar-refractivity contribution in [2.45, 2.75) is 24.0 Å². The second kappa shape index (κ2) is 7.93. The zero-order valence-corrected chi connectivity index (χ0v) is 16.3. The van der Waals surface area contributed by atoms with Gasteiger partial charge in [-0.2, -0.15) is 13.5 Å². The maximum absolute atomic E-state index is 12.4. The molecular formula is C18H17N3O4S2. The lowest BCUT2D eigenvalue weighted by molar-refractivity contribution is -0.118. The van der Waals surface area contributed by atoms with Crippen LogP contribution >= 0.6 is 11.8 Å². The van der Waals surface area contributed by atoms with Crippen molar-refractivity contribution in [2.24, 2.45) is 10.2 Å². The maximum Gasteiger partial charge on any atom is 0.339 e. The van der Waals surface area contributed by atoms with Crippen molar-refractivity contribution in [1.29, 1.82) is 0 Å². The fourth-order valence-corrected chi connectivity index (χ4v) is 3.98. The van der Waals surface area contributed by atoms with Crippen LogP contribution in [0.5, 0.6) is 5.75 Å². The lowest BCUT2D eigenvalue weighted by Crippen LogP contribution is -2.23. The molecule has 1 unspecified atom stereocenters. The van der Waals surface area contributed by atoms with Gasteiger partial charge < -0.3 is 9.50 Å². The van der Waals surface area contributed by atoms with Crippen molar-refractivity contribution in [3.05, 3.63) is 59.7 Å². The van der Waals surface area contributed by atoms with E-state index in [4.69, 9.17) is 4.18 Å². The number of nitrogens with one attached hydrogen (secondary N) is 1. The van der Waals surface area contributed by atoms with Gasteiger partial charge in [0.2, 0.25) is 5.91 Å². The van der Waals surface area contributed by atoms with Gasteiger partial charge in [-0.15, -0.1) is 5.10 Å². The van der Waals surface area contributed by atoms with Crippen LogP contribution in [0.25, 0.3) is 0 Å². The van der Waals surface area contributed by atoms with Gasteiger partial charge in [0, 0.05) is 5.56 Å². The van der Waals surface area contributed by atoms with Crippen LogP contribution in [0.4, 0.5) is 0 Å². The van der Waals surface area contributed by atoms with Gasteiger partial charge in [0.1, 0.15) is 4.90 Å². The van der Waals surface area contributed by atoms with Gasteiger partial charge in [0.25, 0.3) is 0 Å². The summed E-state index contributed by atoms with van der Waals surface area (Å²) in [4.78, 5) is 11.5. The lowest BCUT2D eigenvalue weighted by atomic mass is 10.1. The number of benzene rings is 2. The minimum Gasteiger partial charge on any atom is -0.378 e. The summed E-state index contributed by atoms with van der Waals surface area (Å²) in [6.45, 7) is 3.64. The van der Waals surface area contributed by atoms with Gasteiger partial charge in [0.05, 0.1) is 11.5 Å². The molecule has 27 heavy (non-hydrogen) atoms. The molecule has 3 rings (SSSR count). The zero-order valence-electron chi connectivity index (χ0n) is 14.6. The van der Waals surface area contributed by atoms with E-state index in [2.05, 4.69) is 15.5 Å². The van der Waals surface area contributed by atoms with Gasteiger partial charge in [0.15, 0.2) is 10.9 Å². The third kappa shape index (κ3) is 4.75. The smallest absolute Gasteiger partial charge is 0.339 e. The van der Waals surface area contributed by atoms with Gasteiger partial charge in [-0.1, -0.05) is 41.6 Å². The van der Waals surface area contributed by atoms with Crippen LogP contribution in [0.3, 0.4) is 0 Å². The minimum absolute atomic E-state index is 0.0627. The third-order valence-electron chi connectivity index (χ3n) is 3.63. The highest BCUT2D eigenvalue weighted by Gasteiger charge is 2.25. The first kappa shape index (κ1) is 19.1. The molecule has 1 aliphatic rings. The number of amides is 1. The van der Waals surface area contributed by atoms with E-state index in [0.717, 1.165) is 5.56 Å². The molecule has 1 fully saturated rings. The Morgan fingerprint density at radius 3 is 2.59 bits per heavy atom. The number of aryl methyl sites for hydroxylation is 1. The Bertz CT molecular complexity index is 1020. The Morgan fingerprint density at radius 1 is 1.19 bits per heavy atom. The van der Waals surface area contributed by atoms with Gasteiger partial charge in [-0.3, -0.25) is 4.79 Å². The Balaban J connectivity index is 1.85. The minimum atomic E-state index is -3.96. The van der Waals surface area contributed by atoms with Crippen LogP contribution < -0.4 is 9.50 Å². The second-order valence-corrected chi connectivity index (χ2v) is 8.67. The number of nitrogens with zero attached hydrogens (tertiary/aromatic N) is 2. The van der Waals surface area contributed by atoms with E-state index in [9.17, 15) is 13.2 Å². The van der Waals surface area contributed by atoms with Crippen LogP contribution in [-0.2, 0) is 14.9 Å². The molecule has 1 saturated heterocycles. The normalized spacial score (nSPS) is 18.8. The van der Waals surface area contributed by atoms with Gasteiger partial charge >= 0.3 is 10.1 Å². The molecule has 0 aliphatic carbocycles. The van der Waals surface area contributed by atoms with Crippen molar-refractivity contribution in [3.8, 4) is 5.75 Å². The summed E-state index contributed by atoms with van der Waals surface area (Å²) in [5.74, 6) is 0.0207. The first-order valence-electron chi connectivity index (χ1n) is 8.04. The fourth-order valence-electron chi connectivity index (χ4n) is 2.25. The fraction of sp³-hybridized carbons (Fsp3) is 0.167. The van der Waals surface area contributed by atoms with Crippen LogP contribution in [0.1, 0.15) is 18.1 Å². The molecular weight excluding hydrogens is 386 g/mol. The maximum atomic E-state index is 12.4. The summed E-state index contributed by atoms with van der Waals surface area (Å²) >= 11 is 1.27. The first-order valence-corrected chi connectivity index (χ1v) is 10.3. The summed E-state index contributed by atoms with van der Waals surface area (Å²) < 4.78 is 30.2. The number of hydrogen-bond donors (Lipinski definition) is 1. The Kier molecular flexibility index (Phi) is 5.62. The highest BCUT2D eigenvalue weighted by molar-refractivity contribution is 8.15. The molecule has 1 N–H and O–H groups in total. The Labute approximate surface area is 161 Å². The number of carbonyl (C=O) groups excluding carboxylic acids is 1. The van der Waals surface area contributed by atoms with Crippen LogP contribution in [0.15, 0.2) is 63.6 Å². The van der Waals surface area contributed by atoms with Crippen molar-refractivity contribution < 1.29 is 17.4 Å². The summed E-state index contributed by atoms with van der Waals surface area (Å²) in [6.07, 6.45) is 1.39. The molecule has 1 atom stereocenters. The molecule has 0 saturated carbocycles. The Morgan fingerprint density at radius 2 is 1.93 bits per heavy atom. The quantitative estimate of drug-likeness (QED) is 0.470. The molecule has 7 nitrogen and oxygen atoms in total. The summed E-state index contributed by atoms with van der Waals surface area (Å²) in [5, 5.41) is 10.7. The van der Waals surface area contributed by atoms with Crippen molar-refractivity contribution in [3.63, 3.8) is 0 Å². The number of carbonyl (C=O) groups is 1. The highest BCUT2D eigenvalue weighted by Crippen LogP contribution is 2.23. The molecule has 2 aromatic rings. The lowest BCUT2D eigenvalue weighted by Gasteiger charge is -2.09. The van der Waals surface area contributed by atoms with Gasteiger partial charge in [-0.25, -0.2) is 0 Å². The molecule has 9 heteroatoms. The molecule has 1 amide bonds. The van der Waals surface area contributed by atoms with E-state index in [1.165, 1.54) is 30.1 Å². The topological polar surface area (TPSA) is 97.2 Å². The summed E-state index contributed by atoms with van der Waals surface area (Å²) in [5.41, 5.74) is 1.37. The average Bonchev–Trinajstić information content (AvgIpc) is 2.96. The highest BCUT2D eigenvalue weighted by atomic mass is 32.2. The molecule has 1 heterocycles. The van der Waals surface area contributed by atoms with Crippen molar-refractivity contribution in [1.82, 2.24) is 5.32 Å². The van der Waals surface area contributed by atoms with Crippen molar-refractivity contribution in [2.75, 3.05) is 0 Å². The number of amidine groups is 1. The van der Waals surface area contributed by atoms with E-state index in [0.29, 0.717) is 10.7 Å². The molecule has 0 aromatic heterocycles. The van der Waals surface area contributed by atoms with E-state index in [1.54, 1.807) is 43.3 Å². The third-order valence-corrected chi connectivity index (χ3v) is 5.85. The SMILES string of the molecule is Cc1ccc(OS(=O)(=O)c2ccccc2)c(/C=N/N=C2/NC(=O)C(C)S2)c1. The molecule has 1 aliphatic heterocycles. The molecule has 0 radical (unpaired) electrons. The number of hydrogen-bond acceptors (Lipinski definition) is 7. The summed E-state index contributed by atoms with van der Waals surface area (Å²) in [7, 11) is -3.96. The predicted molar refractivity (Wildman–Crippen MR) is 106 cm³/mol. The standard InChI is InChI=1S/C18H17N3O4S2/c1-12-8-9-16(25-27(23,24)15-6-4-3-5-7-15)14(10-12)11-19-21-18-20-17(22)13(2)26-18/h3-11,13H,1-2H3,(H,20,21,22)/b19-11+. The number of thioether (sulfide) groups is 1. The van der Waals surface area contributed by atoms with Gasteiger partial charge in [-0.05, 0) is 38.1 Å². The molecule has 0 spiro atoms. The first-order chi connectivity index (χ1) is 12.8. The Hall–Kier alpha value is -2.65. The zero-order chi connectivity index (χ0) is 19.4. The second-order valence-electron chi connectivity index (χ2n) is 5.79. The predicted octanol–water partition coefficient (Wildman–Crippen LogP) is 2.70. The largest absolute Gasteiger partial charge is 0.378 e. The molecule has 2 aromatic carbocycles. The van der Waals surface area contributed by atoms with Crippen LogP contribution in [0, 0.1) is 6.92 Å². The monoisotopic (exact) mass is 403 g/mol. The summed E-state index contributed by atoms with van der Waals surface area (Å²) in [6, 6.07) is 12.9. The average molecular weight is 403 g/mol. The van der Waals surface area contributed by atoms with Crippen LogP contribution in [0.2, 0.25) is 0 Å².